The van der Waals surface area contributed by atoms with Crippen LogP contribution in [0.3, 0.4) is 0 Å². The van der Waals surface area contributed by atoms with Gasteiger partial charge in [0.1, 0.15) is 25.4 Å². The van der Waals surface area contributed by atoms with E-state index in [2.05, 4.69) is 24.5 Å². The lowest BCUT2D eigenvalue weighted by Gasteiger charge is -2.31. The summed E-state index contributed by atoms with van der Waals surface area (Å²) in [4.78, 5) is 0. The van der Waals surface area contributed by atoms with Gasteiger partial charge in [-0.25, -0.2) is 0 Å². The van der Waals surface area contributed by atoms with E-state index in [1.54, 1.807) is 0 Å². The SMILES string of the molecule is CC(NCCCCCCCCCCNC(C)C1COc2ccccc2O1)C1COc2ccccc2O1. The molecule has 36 heavy (non-hydrogen) atoms. The number of fused-ring (bicyclic) bond motifs is 2. The molecule has 0 saturated carbocycles. The zero-order valence-electron chi connectivity index (χ0n) is 22.0. The van der Waals surface area contributed by atoms with Crippen molar-refractivity contribution in [3.63, 3.8) is 0 Å². The van der Waals surface area contributed by atoms with Crippen LogP contribution in [0.4, 0.5) is 0 Å². The molecule has 2 aliphatic rings. The van der Waals surface area contributed by atoms with E-state index in [9.17, 15) is 0 Å². The van der Waals surface area contributed by atoms with Crippen LogP contribution < -0.4 is 29.6 Å². The van der Waals surface area contributed by atoms with Crippen LogP contribution in [0, 0.1) is 0 Å². The molecule has 0 saturated heterocycles. The van der Waals surface area contributed by atoms with Crippen molar-refractivity contribution >= 4 is 0 Å². The van der Waals surface area contributed by atoms with Crippen molar-refractivity contribution in [2.24, 2.45) is 0 Å². The maximum Gasteiger partial charge on any atom is 0.161 e. The second-order valence-electron chi connectivity index (χ2n) is 10.1. The summed E-state index contributed by atoms with van der Waals surface area (Å²) in [5, 5.41) is 7.23. The van der Waals surface area contributed by atoms with Crippen LogP contribution >= 0.6 is 0 Å². The molecule has 0 fully saturated rings. The summed E-state index contributed by atoms with van der Waals surface area (Å²) in [6.07, 6.45) is 10.5. The third-order valence-electron chi connectivity index (χ3n) is 7.21. The van der Waals surface area contributed by atoms with Gasteiger partial charge in [-0.1, -0.05) is 62.8 Å². The summed E-state index contributed by atoms with van der Waals surface area (Å²) in [5.41, 5.74) is 0. The van der Waals surface area contributed by atoms with E-state index in [0.29, 0.717) is 13.2 Å². The molecule has 2 aromatic rings. The van der Waals surface area contributed by atoms with E-state index in [4.69, 9.17) is 18.9 Å². The molecular weight excluding hydrogens is 452 g/mol. The highest BCUT2D eigenvalue weighted by atomic mass is 16.6. The van der Waals surface area contributed by atoms with E-state index < -0.39 is 0 Å². The lowest BCUT2D eigenvalue weighted by molar-refractivity contribution is 0.0666. The molecule has 198 valence electrons. The van der Waals surface area contributed by atoms with Crippen molar-refractivity contribution in [1.82, 2.24) is 10.6 Å². The van der Waals surface area contributed by atoms with E-state index in [0.717, 1.165) is 36.1 Å². The molecule has 4 atom stereocenters. The number of unbranched alkanes of at least 4 members (excludes halogenated alkanes) is 7. The van der Waals surface area contributed by atoms with Gasteiger partial charge in [0, 0.05) is 12.1 Å². The minimum absolute atomic E-state index is 0.0672. The molecular formula is C30H44N2O4. The highest BCUT2D eigenvalue weighted by Crippen LogP contribution is 2.32. The summed E-state index contributed by atoms with van der Waals surface area (Å²) < 4.78 is 23.9. The molecule has 0 amide bonds. The zero-order valence-corrected chi connectivity index (χ0v) is 22.0. The summed E-state index contributed by atoms with van der Waals surface area (Å²) in [7, 11) is 0. The third-order valence-corrected chi connectivity index (χ3v) is 7.21. The minimum Gasteiger partial charge on any atom is -0.486 e. The highest BCUT2D eigenvalue weighted by Gasteiger charge is 2.26. The highest BCUT2D eigenvalue weighted by molar-refractivity contribution is 5.41. The van der Waals surface area contributed by atoms with Crippen LogP contribution in [0.25, 0.3) is 0 Å². The number of ether oxygens (including phenoxy) is 4. The molecule has 0 aliphatic carbocycles. The smallest absolute Gasteiger partial charge is 0.161 e. The average Bonchev–Trinajstić information content (AvgIpc) is 2.92. The van der Waals surface area contributed by atoms with E-state index in [1.807, 2.05) is 48.5 Å². The van der Waals surface area contributed by atoms with Crippen LogP contribution in [-0.2, 0) is 0 Å². The van der Waals surface area contributed by atoms with Gasteiger partial charge in [-0.05, 0) is 64.0 Å². The quantitative estimate of drug-likeness (QED) is 0.307. The van der Waals surface area contributed by atoms with E-state index in [-0.39, 0.29) is 24.3 Å². The fourth-order valence-electron chi connectivity index (χ4n) is 4.80. The Bertz CT molecular complexity index is 835. The van der Waals surface area contributed by atoms with Gasteiger partial charge in [0.05, 0.1) is 0 Å². The van der Waals surface area contributed by atoms with Gasteiger partial charge in [0.25, 0.3) is 0 Å². The Morgan fingerprint density at radius 2 is 0.944 bits per heavy atom. The van der Waals surface area contributed by atoms with Gasteiger partial charge in [0.2, 0.25) is 0 Å². The number of nitrogens with one attached hydrogen (secondary N) is 2. The van der Waals surface area contributed by atoms with Gasteiger partial charge < -0.3 is 29.6 Å². The molecule has 6 heteroatoms. The molecule has 6 nitrogen and oxygen atoms in total. The summed E-state index contributed by atoms with van der Waals surface area (Å²) >= 11 is 0. The van der Waals surface area contributed by atoms with Crippen LogP contribution in [0.5, 0.6) is 23.0 Å². The molecule has 2 aromatic carbocycles. The number of rotatable bonds is 15. The molecule has 0 spiro atoms. The van der Waals surface area contributed by atoms with Gasteiger partial charge >= 0.3 is 0 Å². The molecule has 4 unspecified atom stereocenters. The number of hydrogen-bond donors (Lipinski definition) is 2. The van der Waals surface area contributed by atoms with Crippen molar-refractivity contribution in [2.45, 2.75) is 89.5 Å². The summed E-state index contributed by atoms with van der Waals surface area (Å²) in [5.74, 6) is 3.41. The Morgan fingerprint density at radius 3 is 1.36 bits per heavy atom. The van der Waals surface area contributed by atoms with Gasteiger partial charge in [0.15, 0.2) is 23.0 Å². The first kappa shape index (κ1) is 26.6. The summed E-state index contributed by atoms with van der Waals surface area (Å²) in [6.45, 7) is 7.66. The molecule has 0 radical (unpaired) electrons. The Kier molecular flexibility index (Phi) is 10.6. The monoisotopic (exact) mass is 496 g/mol. The number of para-hydroxylation sites is 4. The maximum absolute atomic E-state index is 6.10. The maximum atomic E-state index is 6.10. The van der Waals surface area contributed by atoms with Crippen LogP contribution in [-0.4, -0.2) is 50.6 Å². The standard InChI is InChI=1S/C30H44N2O4/c1-23(29-21-33-25-15-9-11-17-27(25)35-29)31-19-13-7-5-3-4-6-8-14-20-32-24(2)30-22-34-26-16-10-12-18-28(26)36-30/h9-12,15-18,23-24,29-32H,3-8,13-14,19-22H2,1-2H3. The molecule has 2 N–H and O–H groups in total. The number of hydrogen-bond acceptors (Lipinski definition) is 6. The Balaban J connectivity index is 0.942. The first-order valence-electron chi connectivity index (χ1n) is 13.9. The van der Waals surface area contributed by atoms with Crippen molar-refractivity contribution in [3.05, 3.63) is 48.5 Å². The van der Waals surface area contributed by atoms with Crippen molar-refractivity contribution in [3.8, 4) is 23.0 Å². The predicted octanol–water partition coefficient (Wildman–Crippen LogP) is 5.74. The first-order chi connectivity index (χ1) is 17.7. The first-order valence-corrected chi connectivity index (χ1v) is 13.9. The van der Waals surface area contributed by atoms with E-state index >= 15 is 0 Å². The van der Waals surface area contributed by atoms with E-state index in [1.165, 1.54) is 51.4 Å². The van der Waals surface area contributed by atoms with Crippen molar-refractivity contribution in [1.29, 1.82) is 0 Å². The Hall–Kier alpha value is -2.44. The normalized spacial score (nSPS) is 20.1. The zero-order chi connectivity index (χ0) is 25.0. The molecule has 2 heterocycles. The average molecular weight is 497 g/mol. The molecule has 0 aromatic heterocycles. The topological polar surface area (TPSA) is 61.0 Å². The minimum atomic E-state index is 0.0672. The Labute approximate surface area is 217 Å². The third kappa shape index (κ3) is 8.04. The molecule has 0 bridgehead atoms. The van der Waals surface area contributed by atoms with Crippen molar-refractivity contribution in [2.75, 3.05) is 26.3 Å². The number of benzene rings is 2. The lowest BCUT2D eigenvalue weighted by atomic mass is 10.1. The van der Waals surface area contributed by atoms with Crippen molar-refractivity contribution < 1.29 is 18.9 Å². The lowest BCUT2D eigenvalue weighted by Crippen LogP contribution is -2.46. The second-order valence-corrected chi connectivity index (χ2v) is 10.1. The Morgan fingerprint density at radius 1 is 0.583 bits per heavy atom. The fraction of sp³-hybridized carbons (Fsp3) is 0.600. The van der Waals surface area contributed by atoms with Crippen LogP contribution in [0.2, 0.25) is 0 Å². The largest absolute Gasteiger partial charge is 0.486 e. The van der Waals surface area contributed by atoms with Crippen LogP contribution in [0.1, 0.15) is 65.2 Å². The van der Waals surface area contributed by atoms with Gasteiger partial charge in [-0.15, -0.1) is 0 Å². The van der Waals surface area contributed by atoms with Gasteiger partial charge in [-0.3, -0.25) is 0 Å². The molecule has 4 rings (SSSR count). The predicted molar refractivity (Wildman–Crippen MR) is 145 cm³/mol. The second kappa shape index (κ2) is 14.3. The van der Waals surface area contributed by atoms with Crippen LogP contribution in [0.15, 0.2) is 48.5 Å². The summed E-state index contributed by atoms with van der Waals surface area (Å²) in [6, 6.07) is 16.4. The molecule has 2 aliphatic heterocycles. The van der Waals surface area contributed by atoms with Gasteiger partial charge in [-0.2, -0.15) is 0 Å². The fourth-order valence-corrected chi connectivity index (χ4v) is 4.80.